The summed E-state index contributed by atoms with van der Waals surface area (Å²) in [5, 5.41) is 51.2. The zero-order valence-electron chi connectivity index (χ0n) is 16.0. The van der Waals surface area contributed by atoms with E-state index >= 15 is 0 Å². The number of aromatic hydroxyl groups is 1. The van der Waals surface area contributed by atoms with Gasteiger partial charge in [0, 0.05) is 21.4 Å². The van der Waals surface area contributed by atoms with Crippen molar-refractivity contribution in [3.05, 3.63) is 53.2 Å². The van der Waals surface area contributed by atoms with Gasteiger partial charge in [-0.3, -0.25) is 0 Å². The Morgan fingerprint density at radius 1 is 1.07 bits per heavy atom. The number of halogens is 1. The summed E-state index contributed by atoms with van der Waals surface area (Å²) in [7, 11) is 0. The predicted molar refractivity (Wildman–Crippen MR) is 113 cm³/mol. The molecule has 1 aromatic heterocycles. The largest absolute Gasteiger partial charge is 0.508 e. The van der Waals surface area contributed by atoms with Crippen molar-refractivity contribution >= 4 is 34.3 Å². The van der Waals surface area contributed by atoms with Crippen molar-refractivity contribution in [2.45, 2.75) is 47.4 Å². The van der Waals surface area contributed by atoms with Crippen LogP contribution in [0.2, 0.25) is 5.02 Å². The van der Waals surface area contributed by atoms with E-state index in [1.807, 2.05) is 19.1 Å². The highest BCUT2D eigenvalue weighted by Gasteiger charge is 2.44. The average molecular weight is 452 g/mol. The Kier molecular flexibility index (Phi) is 6.00. The highest BCUT2D eigenvalue weighted by molar-refractivity contribution is 7.99. The van der Waals surface area contributed by atoms with E-state index in [1.165, 1.54) is 11.8 Å². The quantitative estimate of drug-likeness (QED) is 0.413. The number of aromatic nitrogens is 1. The molecule has 4 rings (SSSR count). The topological polar surface area (TPSA) is 115 Å². The Morgan fingerprint density at radius 3 is 2.43 bits per heavy atom. The molecule has 5 N–H and O–H groups in total. The van der Waals surface area contributed by atoms with Gasteiger partial charge in [-0.05, 0) is 48.9 Å². The first-order chi connectivity index (χ1) is 14.3. The number of rotatable bonds is 4. The predicted octanol–water partition coefficient (Wildman–Crippen LogP) is 2.43. The maximum atomic E-state index is 10.6. The van der Waals surface area contributed by atoms with Crippen LogP contribution in [0.5, 0.6) is 5.75 Å². The molecule has 3 aromatic rings. The minimum atomic E-state index is -1.48. The van der Waals surface area contributed by atoms with E-state index in [9.17, 15) is 25.5 Å². The normalized spacial score (nSPS) is 26.9. The van der Waals surface area contributed by atoms with Gasteiger partial charge in [-0.2, -0.15) is 0 Å². The molecule has 1 aliphatic rings. The molecule has 0 amide bonds. The van der Waals surface area contributed by atoms with Gasteiger partial charge in [0.1, 0.15) is 30.2 Å². The molecule has 2 aromatic carbocycles. The molecule has 0 aliphatic carbocycles. The smallest absolute Gasteiger partial charge is 0.163 e. The van der Waals surface area contributed by atoms with Crippen LogP contribution in [0.3, 0.4) is 0 Å². The number of aliphatic hydroxyl groups excluding tert-OH is 4. The minimum Gasteiger partial charge on any atom is -0.508 e. The van der Waals surface area contributed by atoms with Crippen molar-refractivity contribution in [2.75, 3.05) is 6.61 Å². The monoisotopic (exact) mass is 451 g/mol. The van der Waals surface area contributed by atoms with Gasteiger partial charge in [-0.15, -0.1) is 0 Å². The lowest BCUT2D eigenvalue weighted by atomic mass is 9.98. The van der Waals surface area contributed by atoms with E-state index in [-0.39, 0.29) is 5.75 Å². The SMILES string of the molecule is Cc1cc(Cl)c2c(Sc3ccc(O)cc3)cn([C@@H]3O[C@H](CO)[C@@H](O)[C@H](O)[C@H]3O)c2c1. The van der Waals surface area contributed by atoms with Crippen LogP contribution in [0.25, 0.3) is 10.9 Å². The summed E-state index contributed by atoms with van der Waals surface area (Å²) < 4.78 is 7.42. The van der Waals surface area contributed by atoms with E-state index in [4.69, 9.17) is 16.3 Å². The molecule has 2 heterocycles. The van der Waals surface area contributed by atoms with E-state index in [2.05, 4.69) is 0 Å². The number of benzene rings is 2. The van der Waals surface area contributed by atoms with Gasteiger partial charge in [0.15, 0.2) is 6.23 Å². The van der Waals surface area contributed by atoms with Crippen molar-refractivity contribution in [1.82, 2.24) is 4.57 Å². The van der Waals surface area contributed by atoms with Crippen LogP contribution >= 0.6 is 23.4 Å². The van der Waals surface area contributed by atoms with Crippen LogP contribution in [-0.4, -0.2) is 61.1 Å². The van der Waals surface area contributed by atoms with E-state index < -0.39 is 37.3 Å². The van der Waals surface area contributed by atoms with Gasteiger partial charge >= 0.3 is 0 Å². The summed E-state index contributed by atoms with van der Waals surface area (Å²) in [6.45, 7) is 1.39. The van der Waals surface area contributed by atoms with Gasteiger partial charge < -0.3 is 34.8 Å². The second-order valence-electron chi connectivity index (χ2n) is 7.36. The Morgan fingerprint density at radius 2 is 1.77 bits per heavy atom. The molecule has 1 saturated heterocycles. The zero-order chi connectivity index (χ0) is 21.6. The maximum Gasteiger partial charge on any atom is 0.163 e. The number of aryl methyl sites for hydroxylation is 1. The molecule has 0 radical (unpaired) electrons. The molecule has 1 fully saturated rings. The van der Waals surface area contributed by atoms with Crippen LogP contribution in [0, 0.1) is 6.92 Å². The van der Waals surface area contributed by atoms with Crippen molar-refractivity contribution in [3.8, 4) is 5.75 Å². The van der Waals surface area contributed by atoms with Crippen molar-refractivity contribution in [3.63, 3.8) is 0 Å². The third-order valence-corrected chi connectivity index (χ3v) is 6.54. The number of aliphatic hydroxyl groups is 4. The zero-order valence-corrected chi connectivity index (χ0v) is 17.6. The summed E-state index contributed by atoms with van der Waals surface area (Å²) in [6, 6.07) is 10.5. The highest BCUT2D eigenvalue weighted by Crippen LogP contribution is 2.42. The summed E-state index contributed by atoms with van der Waals surface area (Å²) >= 11 is 7.98. The highest BCUT2D eigenvalue weighted by atomic mass is 35.5. The Hall–Kier alpha value is -1.78. The van der Waals surface area contributed by atoms with Gasteiger partial charge in [-0.1, -0.05) is 23.4 Å². The molecular weight excluding hydrogens is 430 g/mol. The number of fused-ring (bicyclic) bond motifs is 1. The molecular formula is C21H22ClNO6S. The number of phenolic OH excluding ortho intramolecular Hbond substituents is 1. The van der Waals surface area contributed by atoms with E-state index in [0.29, 0.717) is 10.5 Å². The van der Waals surface area contributed by atoms with Gasteiger partial charge in [0.25, 0.3) is 0 Å². The minimum absolute atomic E-state index is 0.164. The van der Waals surface area contributed by atoms with E-state index in [0.717, 1.165) is 20.7 Å². The molecule has 1 aliphatic heterocycles. The summed E-state index contributed by atoms with van der Waals surface area (Å²) in [4.78, 5) is 1.66. The first-order valence-corrected chi connectivity index (χ1v) is 10.6. The number of hydrogen-bond donors (Lipinski definition) is 5. The summed E-state index contributed by atoms with van der Waals surface area (Å²) in [5.74, 6) is 0.164. The fourth-order valence-corrected chi connectivity index (χ4v) is 5.11. The third kappa shape index (κ3) is 3.80. The van der Waals surface area contributed by atoms with Crippen LogP contribution < -0.4 is 0 Å². The fourth-order valence-electron chi connectivity index (χ4n) is 3.67. The molecule has 5 atom stereocenters. The van der Waals surface area contributed by atoms with Crippen LogP contribution in [-0.2, 0) is 4.74 Å². The van der Waals surface area contributed by atoms with Gasteiger partial charge in [0.05, 0.1) is 17.1 Å². The Bertz CT molecular complexity index is 1050. The lowest BCUT2D eigenvalue weighted by molar-refractivity contribution is -0.250. The maximum absolute atomic E-state index is 10.6. The van der Waals surface area contributed by atoms with Crippen LogP contribution in [0.15, 0.2) is 52.4 Å². The number of phenols is 1. The van der Waals surface area contributed by atoms with Crippen molar-refractivity contribution in [1.29, 1.82) is 0 Å². The van der Waals surface area contributed by atoms with Gasteiger partial charge in [-0.25, -0.2) is 0 Å². The molecule has 30 heavy (non-hydrogen) atoms. The average Bonchev–Trinajstić information content (AvgIpc) is 3.06. The number of hydrogen-bond acceptors (Lipinski definition) is 7. The summed E-state index contributed by atoms with van der Waals surface area (Å²) in [6.07, 6.45) is -4.61. The number of ether oxygens (including phenoxy) is 1. The molecule has 0 spiro atoms. The third-order valence-electron chi connectivity index (χ3n) is 5.20. The van der Waals surface area contributed by atoms with Crippen molar-refractivity contribution < 1.29 is 30.3 Å². The first kappa shape index (κ1) is 21.5. The van der Waals surface area contributed by atoms with E-state index in [1.54, 1.807) is 35.0 Å². The molecule has 160 valence electrons. The Balaban J connectivity index is 1.83. The van der Waals surface area contributed by atoms with Crippen LogP contribution in [0.1, 0.15) is 11.8 Å². The molecule has 0 unspecified atom stereocenters. The standard InChI is InChI=1S/C21H22ClNO6S/c1-10-6-13(22)17-14(7-10)23(8-16(17)30-12-4-2-11(25)3-5-12)21-20(28)19(27)18(26)15(9-24)29-21/h2-8,15,18-21,24-28H,9H2,1H3/t15-,18-,19+,20-,21-/m1/s1. The first-order valence-electron chi connectivity index (χ1n) is 9.38. The van der Waals surface area contributed by atoms with Crippen molar-refractivity contribution in [2.24, 2.45) is 0 Å². The van der Waals surface area contributed by atoms with Crippen LogP contribution in [0.4, 0.5) is 0 Å². The second kappa shape index (κ2) is 8.39. The Labute approximate surface area is 182 Å². The molecule has 7 nitrogen and oxygen atoms in total. The lowest BCUT2D eigenvalue weighted by Gasteiger charge is -2.40. The summed E-state index contributed by atoms with van der Waals surface area (Å²) in [5.41, 5.74) is 1.59. The number of nitrogens with zero attached hydrogens (tertiary/aromatic N) is 1. The fraction of sp³-hybridized carbons (Fsp3) is 0.333. The van der Waals surface area contributed by atoms with Gasteiger partial charge in [0.2, 0.25) is 0 Å². The molecule has 9 heteroatoms. The second-order valence-corrected chi connectivity index (χ2v) is 8.88. The molecule has 0 bridgehead atoms. The lowest BCUT2D eigenvalue weighted by Crippen LogP contribution is -2.56. The molecule has 0 saturated carbocycles.